The third-order valence-corrected chi connectivity index (χ3v) is 4.90. The van der Waals surface area contributed by atoms with Gasteiger partial charge in [0.2, 0.25) is 11.8 Å². The molecule has 1 aliphatic rings. The maximum absolute atomic E-state index is 12.5. The first kappa shape index (κ1) is 17.0. The number of rotatable bonds is 3. The number of hydrogen-bond donors (Lipinski definition) is 1. The largest absolute Gasteiger partial charge is 0.324 e. The maximum Gasteiger partial charge on any atom is 0.229 e. The predicted molar refractivity (Wildman–Crippen MR) is 99.4 cm³/mol. The molecule has 1 saturated heterocycles. The van der Waals surface area contributed by atoms with Crippen molar-refractivity contribution in [1.29, 1.82) is 0 Å². The van der Waals surface area contributed by atoms with Gasteiger partial charge in [-0.15, -0.1) is 0 Å². The number of anilines is 2. The number of carbonyl (C=O) groups is 2. The van der Waals surface area contributed by atoms with Crippen LogP contribution in [0.4, 0.5) is 11.4 Å². The van der Waals surface area contributed by atoms with Crippen LogP contribution in [0.5, 0.6) is 0 Å². The van der Waals surface area contributed by atoms with Crippen LogP contribution >= 0.6 is 27.5 Å². The van der Waals surface area contributed by atoms with Crippen molar-refractivity contribution in [2.75, 3.05) is 16.8 Å². The Morgan fingerprint density at radius 1 is 1.29 bits per heavy atom. The average Bonchev–Trinajstić information content (AvgIpc) is 2.92. The van der Waals surface area contributed by atoms with E-state index in [0.29, 0.717) is 17.3 Å². The zero-order chi connectivity index (χ0) is 17.3. The van der Waals surface area contributed by atoms with Crippen molar-refractivity contribution in [3.63, 3.8) is 0 Å². The van der Waals surface area contributed by atoms with Crippen LogP contribution in [0, 0.1) is 12.8 Å². The minimum Gasteiger partial charge on any atom is -0.324 e. The molecule has 24 heavy (non-hydrogen) atoms. The molecule has 0 unspecified atom stereocenters. The van der Waals surface area contributed by atoms with Crippen molar-refractivity contribution in [3.8, 4) is 0 Å². The molecule has 0 bridgehead atoms. The summed E-state index contributed by atoms with van der Waals surface area (Å²) in [5, 5.41) is 3.27. The quantitative estimate of drug-likeness (QED) is 0.819. The number of aryl methyl sites for hydroxylation is 1. The molecule has 1 heterocycles. The number of hydrogen-bond acceptors (Lipinski definition) is 2. The molecule has 1 fully saturated rings. The van der Waals surface area contributed by atoms with Gasteiger partial charge in [0.25, 0.3) is 0 Å². The van der Waals surface area contributed by atoms with Gasteiger partial charge in [-0.2, -0.15) is 0 Å². The summed E-state index contributed by atoms with van der Waals surface area (Å²) in [6.07, 6.45) is 0.203. The van der Waals surface area contributed by atoms with E-state index in [0.717, 1.165) is 15.7 Å². The summed E-state index contributed by atoms with van der Waals surface area (Å²) in [6, 6.07) is 12.9. The number of nitrogens with one attached hydrogen (secondary N) is 1. The van der Waals surface area contributed by atoms with Crippen molar-refractivity contribution in [3.05, 3.63) is 57.5 Å². The Kier molecular flexibility index (Phi) is 4.92. The second-order valence-electron chi connectivity index (χ2n) is 5.81. The Hall–Kier alpha value is -1.85. The van der Waals surface area contributed by atoms with Crippen molar-refractivity contribution < 1.29 is 9.59 Å². The second-order valence-corrected chi connectivity index (χ2v) is 7.13. The highest BCUT2D eigenvalue weighted by molar-refractivity contribution is 9.10. The number of halogens is 2. The van der Waals surface area contributed by atoms with E-state index in [1.54, 1.807) is 23.1 Å². The zero-order valence-corrected chi connectivity index (χ0v) is 15.4. The van der Waals surface area contributed by atoms with Crippen LogP contribution in [-0.2, 0) is 9.59 Å². The molecule has 1 atom stereocenters. The fourth-order valence-corrected chi connectivity index (χ4v) is 3.53. The summed E-state index contributed by atoms with van der Waals surface area (Å²) < 4.78 is 0.840. The molecule has 6 heteroatoms. The fourth-order valence-electron chi connectivity index (χ4n) is 2.81. The van der Waals surface area contributed by atoms with Gasteiger partial charge >= 0.3 is 0 Å². The fraction of sp³-hybridized carbons (Fsp3) is 0.222. The zero-order valence-electron chi connectivity index (χ0n) is 13.1. The SMILES string of the molecule is Cc1ccccc1N1C[C@@H](C(=O)Nc2ccc(Br)cc2Cl)CC1=O. The van der Waals surface area contributed by atoms with Crippen LogP contribution < -0.4 is 10.2 Å². The minimum atomic E-state index is -0.392. The van der Waals surface area contributed by atoms with Crippen LogP contribution in [0.1, 0.15) is 12.0 Å². The van der Waals surface area contributed by atoms with E-state index in [1.165, 1.54) is 0 Å². The molecule has 4 nitrogen and oxygen atoms in total. The van der Waals surface area contributed by atoms with Crippen LogP contribution in [0.3, 0.4) is 0 Å². The molecule has 1 aliphatic heterocycles. The number of benzene rings is 2. The highest BCUT2D eigenvalue weighted by Gasteiger charge is 2.35. The predicted octanol–water partition coefficient (Wildman–Crippen LogP) is 4.40. The summed E-state index contributed by atoms with van der Waals surface area (Å²) in [7, 11) is 0. The Bertz CT molecular complexity index is 809. The van der Waals surface area contributed by atoms with E-state index in [1.807, 2.05) is 31.2 Å². The summed E-state index contributed by atoms with van der Waals surface area (Å²) in [5.74, 6) is -0.619. The number of carbonyl (C=O) groups excluding carboxylic acids is 2. The molecular formula is C18H16BrClN2O2. The topological polar surface area (TPSA) is 49.4 Å². The van der Waals surface area contributed by atoms with E-state index in [2.05, 4.69) is 21.2 Å². The van der Waals surface area contributed by atoms with Gasteiger partial charge in [-0.1, -0.05) is 45.7 Å². The Morgan fingerprint density at radius 3 is 2.75 bits per heavy atom. The lowest BCUT2D eigenvalue weighted by Crippen LogP contribution is -2.28. The van der Waals surface area contributed by atoms with Crippen LogP contribution in [-0.4, -0.2) is 18.4 Å². The number of amides is 2. The number of nitrogens with zero attached hydrogens (tertiary/aromatic N) is 1. The van der Waals surface area contributed by atoms with E-state index in [-0.39, 0.29) is 18.2 Å². The summed E-state index contributed by atoms with van der Waals surface area (Å²) in [6.45, 7) is 2.33. The maximum atomic E-state index is 12.5. The highest BCUT2D eigenvalue weighted by atomic mass is 79.9. The first-order valence-corrected chi connectivity index (χ1v) is 8.74. The van der Waals surface area contributed by atoms with Gasteiger partial charge in [-0.3, -0.25) is 9.59 Å². The van der Waals surface area contributed by atoms with Crippen molar-refractivity contribution in [2.45, 2.75) is 13.3 Å². The molecule has 0 aliphatic carbocycles. The summed E-state index contributed by atoms with van der Waals surface area (Å²) >= 11 is 9.46. The van der Waals surface area contributed by atoms with Gasteiger partial charge in [-0.25, -0.2) is 0 Å². The minimum absolute atomic E-state index is 0.0358. The highest BCUT2D eigenvalue weighted by Crippen LogP contribution is 2.30. The van der Waals surface area contributed by atoms with E-state index in [4.69, 9.17) is 11.6 Å². The second kappa shape index (κ2) is 6.95. The molecule has 3 rings (SSSR count). The lowest BCUT2D eigenvalue weighted by Gasteiger charge is -2.19. The third-order valence-electron chi connectivity index (χ3n) is 4.09. The normalized spacial score (nSPS) is 17.2. The monoisotopic (exact) mass is 406 g/mol. The Morgan fingerprint density at radius 2 is 2.04 bits per heavy atom. The smallest absolute Gasteiger partial charge is 0.229 e. The van der Waals surface area contributed by atoms with E-state index >= 15 is 0 Å². The lowest BCUT2D eigenvalue weighted by molar-refractivity contribution is -0.122. The lowest BCUT2D eigenvalue weighted by atomic mass is 10.1. The first-order chi connectivity index (χ1) is 11.5. The van der Waals surface area contributed by atoms with Gasteiger partial charge < -0.3 is 10.2 Å². The first-order valence-electron chi connectivity index (χ1n) is 7.57. The van der Waals surface area contributed by atoms with Gasteiger partial charge in [0.05, 0.1) is 16.6 Å². The molecule has 0 aromatic heterocycles. The molecular weight excluding hydrogens is 392 g/mol. The van der Waals surface area contributed by atoms with Gasteiger partial charge in [0, 0.05) is 23.1 Å². The van der Waals surface area contributed by atoms with Crippen molar-refractivity contribution in [1.82, 2.24) is 0 Å². The molecule has 2 aromatic carbocycles. The summed E-state index contributed by atoms with van der Waals surface area (Å²) in [5.41, 5.74) is 2.42. The van der Waals surface area contributed by atoms with Gasteiger partial charge in [0.1, 0.15) is 0 Å². The van der Waals surface area contributed by atoms with Crippen LogP contribution in [0.25, 0.3) is 0 Å². The molecule has 0 spiro atoms. The van der Waals surface area contributed by atoms with Crippen molar-refractivity contribution >= 4 is 50.7 Å². The Balaban J connectivity index is 1.73. The van der Waals surface area contributed by atoms with Crippen LogP contribution in [0.2, 0.25) is 5.02 Å². The average molecular weight is 408 g/mol. The van der Waals surface area contributed by atoms with Gasteiger partial charge in [0.15, 0.2) is 0 Å². The standard InChI is InChI=1S/C18H16BrClN2O2/c1-11-4-2-3-5-16(11)22-10-12(8-17(22)23)18(24)21-15-7-6-13(19)9-14(15)20/h2-7,9,12H,8,10H2,1H3,(H,21,24)/t12-/m0/s1. The molecule has 0 radical (unpaired) electrons. The molecule has 1 N–H and O–H groups in total. The van der Waals surface area contributed by atoms with E-state index in [9.17, 15) is 9.59 Å². The third kappa shape index (κ3) is 3.47. The number of para-hydroxylation sites is 1. The molecule has 2 amide bonds. The van der Waals surface area contributed by atoms with Crippen molar-refractivity contribution in [2.24, 2.45) is 5.92 Å². The van der Waals surface area contributed by atoms with Crippen LogP contribution in [0.15, 0.2) is 46.9 Å². The Labute approximate surface area is 153 Å². The molecule has 0 saturated carbocycles. The molecule has 2 aromatic rings. The van der Waals surface area contributed by atoms with Gasteiger partial charge in [-0.05, 0) is 36.8 Å². The summed E-state index contributed by atoms with van der Waals surface area (Å²) in [4.78, 5) is 26.5. The molecule has 124 valence electrons. The van der Waals surface area contributed by atoms with E-state index < -0.39 is 5.92 Å².